The molecule has 1 aliphatic rings. The van der Waals surface area contributed by atoms with E-state index >= 15 is 0 Å². The van der Waals surface area contributed by atoms with Gasteiger partial charge in [0.1, 0.15) is 6.10 Å². The van der Waals surface area contributed by atoms with Crippen molar-refractivity contribution in [1.82, 2.24) is 10.2 Å². The minimum Gasteiger partial charge on any atom is -0.418 e. The third-order valence-electron chi connectivity index (χ3n) is 3.89. The van der Waals surface area contributed by atoms with E-state index in [-0.39, 0.29) is 6.10 Å². The number of aromatic nitrogens is 2. The van der Waals surface area contributed by atoms with Crippen LogP contribution in [0.2, 0.25) is 0 Å². The molecule has 0 radical (unpaired) electrons. The Bertz CT molecular complexity index is 760. The van der Waals surface area contributed by atoms with Crippen LogP contribution in [0.3, 0.4) is 0 Å². The van der Waals surface area contributed by atoms with Crippen LogP contribution in [-0.2, 0) is 4.74 Å². The number of hydrogen-bond donors (Lipinski definition) is 0. The molecule has 1 aromatic heterocycles. The second kappa shape index (κ2) is 5.30. The second-order valence-electron chi connectivity index (χ2n) is 5.36. The summed E-state index contributed by atoms with van der Waals surface area (Å²) in [6.07, 6.45) is 3.18. The van der Waals surface area contributed by atoms with Gasteiger partial charge in [0.05, 0.1) is 0 Å². The lowest BCUT2D eigenvalue weighted by Crippen LogP contribution is -2.11. The van der Waals surface area contributed by atoms with Gasteiger partial charge in [-0.2, -0.15) is 0 Å². The van der Waals surface area contributed by atoms with Gasteiger partial charge in [-0.05, 0) is 42.2 Å². The number of fused-ring (bicyclic) bond motifs is 1. The predicted octanol–water partition coefficient (Wildman–Crippen LogP) is 4.13. The second-order valence-corrected chi connectivity index (χ2v) is 5.36. The topological polar surface area (TPSA) is 48.2 Å². The zero-order valence-electron chi connectivity index (χ0n) is 11.7. The fourth-order valence-electron chi connectivity index (χ4n) is 2.74. The van der Waals surface area contributed by atoms with E-state index in [1.807, 2.05) is 18.2 Å². The van der Waals surface area contributed by atoms with E-state index in [1.165, 1.54) is 10.8 Å². The van der Waals surface area contributed by atoms with E-state index in [2.05, 4.69) is 34.5 Å². The molecule has 0 saturated carbocycles. The first-order chi connectivity index (χ1) is 10.4. The van der Waals surface area contributed by atoms with Gasteiger partial charge < -0.3 is 9.15 Å². The molecule has 2 heterocycles. The van der Waals surface area contributed by atoms with Crippen molar-refractivity contribution in [3.8, 4) is 11.5 Å². The molecule has 4 nitrogen and oxygen atoms in total. The first-order valence-corrected chi connectivity index (χ1v) is 7.34. The molecule has 0 N–H and O–H groups in total. The quantitative estimate of drug-likeness (QED) is 0.708. The third-order valence-corrected chi connectivity index (χ3v) is 3.89. The van der Waals surface area contributed by atoms with Crippen molar-refractivity contribution in [2.24, 2.45) is 0 Å². The van der Waals surface area contributed by atoms with Gasteiger partial charge in [0.25, 0.3) is 0 Å². The van der Waals surface area contributed by atoms with Gasteiger partial charge in [0, 0.05) is 12.2 Å². The van der Waals surface area contributed by atoms with E-state index in [4.69, 9.17) is 9.15 Å². The van der Waals surface area contributed by atoms with Crippen LogP contribution in [0.5, 0.6) is 0 Å². The highest BCUT2D eigenvalue weighted by molar-refractivity contribution is 5.86. The number of nitrogens with zero attached hydrogens (tertiary/aromatic N) is 2. The van der Waals surface area contributed by atoms with Gasteiger partial charge in [-0.25, -0.2) is 0 Å². The highest BCUT2D eigenvalue weighted by Gasteiger charge is 2.22. The maximum atomic E-state index is 5.81. The molecule has 0 spiro atoms. The van der Waals surface area contributed by atoms with E-state index in [0.29, 0.717) is 11.8 Å². The van der Waals surface area contributed by atoms with Crippen molar-refractivity contribution < 1.29 is 9.15 Å². The summed E-state index contributed by atoms with van der Waals surface area (Å²) in [5.41, 5.74) is 0.947. The minimum atomic E-state index is -0.0412. The molecule has 0 amide bonds. The number of benzene rings is 2. The summed E-state index contributed by atoms with van der Waals surface area (Å²) in [6, 6.07) is 14.4. The maximum Gasteiger partial charge on any atom is 0.247 e. The molecule has 1 atom stereocenters. The summed E-state index contributed by atoms with van der Waals surface area (Å²) in [5.74, 6) is 1.16. The van der Waals surface area contributed by atoms with Crippen molar-refractivity contribution in [1.29, 1.82) is 0 Å². The van der Waals surface area contributed by atoms with Crippen molar-refractivity contribution >= 4 is 10.8 Å². The maximum absolute atomic E-state index is 5.81. The molecule has 0 unspecified atom stereocenters. The monoisotopic (exact) mass is 280 g/mol. The number of rotatable bonds is 2. The zero-order chi connectivity index (χ0) is 14.1. The average Bonchev–Trinajstić information content (AvgIpc) is 3.05. The Hall–Kier alpha value is -2.20. The van der Waals surface area contributed by atoms with Crippen LogP contribution >= 0.6 is 0 Å². The van der Waals surface area contributed by atoms with Crippen LogP contribution < -0.4 is 0 Å². The summed E-state index contributed by atoms with van der Waals surface area (Å²) >= 11 is 0. The summed E-state index contributed by atoms with van der Waals surface area (Å²) in [7, 11) is 0. The Labute approximate surface area is 122 Å². The van der Waals surface area contributed by atoms with Gasteiger partial charge >= 0.3 is 0 Å². The Morgan fingerprint density at radius 3 is 2.71 bits per heavy atom. The molecule has 3 aromatic rings. The largest absolute Gasteiger partial charge is 0.418 e. The fourth-order valence-corrected chi connectivity index (χ4v) is 2.74. The summed E-state index contributed by atoms with van der Waals surface area (Å²) in [4.78, 5) is 0. The molecule has 0 aliphatic carbocycles. The fraction of sp³-hybridized carbons (Fsp3) is 0.294. The van der Waals surface area contributed by atoms with E-state index in [0.717, 1.165) is 31.4 Å². The van der Waals surface area contributed by atoms with Crippen LogP contribution in [0.1, 0.15) is 31.3 Å². The lowest BCUT2D eigenvalue weighted by molar-refractivity contribution is -0.00126. The molecule has 106 valence electrons. The van der Waals surface area contributed by atoms with Gasteiger partial charge in [0.2, 0.25) is 11.8 Å². The van der Waals surface area contributed by atoms with E-state index < -0.39 is 0 Å². The SMILES string of the molecule is c1ccc2cc(-c3nnc([C@H]4CCCCO4)o3)ccc2c1. The first-order valence-electron chi connectivity index (χ1n) is 7.34. The molecule has 1 fully saturated rings. The first kappa shape index (κ1) is 12.5. The van der Waals surface area contributed by atoms with Crippen LogP contribution in [0.4, 0.5) is 0 Å². The Morgan fingerprint density at radius 2 is 1.86 bits per heavy atom. The highest BCUT2D eigenvalue weighted by Crippen LogP contribution is 2.30. The van der Waals surface area contributed by atoms with Gasteiger partial charge in [-0.15, -0.1) is 10.2 Å². The van der Waals surface area contributed by atoms with E-state index in [9.17, 15) is 0 Å². The van der Waals surface area contributed by atoms with Crippen molar-refractivity contribution in [2.45, 2.75) is 25.4 Å². The Kier molecular flexibility index (Phi) is 3.16. The molecule has 4 heteroatoms. The standard InChI is InChI=1S/C17H16N2O2/c1-2-6-13-11-14(9-8-12(13)5-1)16-18-19-17(21-16)15-7-3-4-10-20-15/h1-2,5-6,8-9,11,15H,3-4,7,10H2/t15-/m1/s1. The summed E-state index contributed by atoms with van der Waals surface area (Å²) < 4.78 is 11.5. The number of hydrogen-bond acceptors (Lipinski definition) is 4. The van der Waals surface area contributed by atoms with Crippen molar-refractivity contribution in [3.63, 3.8) is 0 Å². The van der Waals surface area contributed by atoms with Crippen molar-refractivity contribution in [3.05, 3.63) is 48.4 Å². The predicted molar refractivity (Wildman–Crippen MR) is 79.8 cm³/mol. The van der Waals surface area contributed by atoms with Gasteiger partial charge in [0.15, 0.2) is 0 Å². The van der Waals surface area contributed by atoms with Crippen LogP contribution in [0.15, 0.2) is 46.9 Å². The molecule has 1 saturated heterocycles. The van der Waals surface area contributed by atoms with Gasteiger partial charge in [-0.1, -0.05) is 30.3 Å². The average molecular weight is 280 g/mol. The summed E-state index contributed by atoms with van der Waals surface area (Å²) in [6.45, 7) is 0.776. The van der Waals surface area contributed by atoms with Crippen molar-refractivity contribution in [2.75, 3.05) is 6.61 Å². The Balaban J connectivity index is 1.67. The van der Waals surface area contributed by atoms with Crippen LogP contribution in [0, 0.1) is 0 Å². The minimum absolute atomic E-state index is 0.0412. The zero-order valence-corrected chi connectivity index (χ0v) is 11.7. The van der Waals surface area contributed by atoms with Crippen LogP contribution in [-0.4, -0.2) is 16.8 Å². The normalized spacial score (nSPS) is 19.0. The Morgan fingerprint density at radius 1 is 0.952 bits per heavy atom. The summed E-state index contributed by atoms with van der Waals surface area (Å²) in [5, 5.41) is 10.7. The smallest absolute Gasteiger partial charge is 0.247 e. The third kappa shape index (κ3) is 2.43. The molecule has 4 rings (SSSR count). The molecular formula is C17H16N2O2. The van der Waals surface area contributed by atoms with Gasteiger partial charge in [-0.3, -0.25) is 0 Å². The molecule has 2 aromatic carbocycles. The lowest BCUT2D eigenvalue weighted by Gasteiger charge is -2.18. The molecule has 21 heavy (non-hydrogen) atoms. The lowest BCUT2D eigenvalue weighted by atomic mass is 10.1. The molecular weight excluding hydrogens is 264 g/mol. The number of ether oxygens (including phenoxy) is 1. The van der Waals surface area contributed by atoms with E-state index in [1.54, 1.807) is 0 Å². The van der Waals surface area contributed by atoms with Crippen LogP contribution in [0.25, 0.3) is 22.2 Å². The molecule has 0 bridgehead atoms. The molecule has 1 aliphatic heterocycles. The highest BCUT2D eigenvalue weighted by atomic mass is 16.5.